The largest absolute Gasteiger partial charge is 0.287 e. The quantitative estimate of drug-likeness (QED) is 0.691. The van der Waals surface area contributed by atoms with E-state index in [1.165, 1.54) is 0 Å². The third-order valence-electron chi connectivity index (χ3n) is 2.47. The monoisotopic (exact) mass is 199 g/mol. The molecular formula is C13H13NO. The van der Waals surface area contributed by atoms with E-state index in [2.05, 4.69) is 0 Å². The minimum absolute atomic E-state index is 0.0435. The number of nitrogens with zero attached hydrogens (tertiary/aromatic N) is 1. The van der Waals surface area contributed by atoms with Crippen molar-refractivity contribution in [3.8, 4) is 11.3 Å². The Morgan fingerprint density at radius 2 is 1.80 bits per heavy atom. The number of aromatic nitrogens is 1. The number of hydrogen-bond acceptors (Lipinski definition) is 1. The van der Waals surface area contributed by atoms with Gasteiger partial charge in [0.15, 0.2) is 0 Å². The number of hydrogen-bond donors (Lipinski definition) is 0. The van der Waals surface area contributed by atoms with Gasteiger partial charge in [-0.2, -0.15) is 0 Å². The van der Waals surface area contributed by atoms with Crippen molar-refractivity contribution >= 4 is 5.91 Å². The van der Waals surface area contributed by atoms with Gasteiger partial charge in [0.05, 0.1) is 5.69 Å². The Balaban J connectivity index is 2.62. The fourth-order valence-corrected chi connectivity index (χ4v) is 1.75. The molecule has 0 unspecified atom stereocenters. The predicted molar refractivity (Wildman–Crippen MR) is 60.9 cm³/mol. The van der Waals surface area contributed by atoms with Gasteiger partial charge in [-0.3, -0.25) is 9.36 Å². The lowest BCUT2D eigenvalue weighted by molar-refractivity contribution is 0.0938. The molecule has 0 aliphatic rings. The van der Waals surface area contributed by atoms with E-state index in [0.29, 0.717) is 0 Å². The topological polar surface area (TPSA) is 22.0 Å². The lowest BCUT2D eigenvalue weighted by Gasteiger charge is -2.06. The van der Waals surface area contributed by atoms with Crippen molar-refractivity contribution < 1.29 is 4.79 Å². The van der Waals surface area contributed by atoms with Gasteiger partial charge in [-0.25, -0.2) is 0 Å². The Labute approximate surface area is 89.2 Å². The second kappa shape index (κ2) is 3.73. The fourth-order valence-electron chi connectivity index (χ4n) is 1.75. The van der Waals surface area contributed by atoms with Gasteiger partial charge in [-0.1, -0.05) is 30.3 Å². The number of carbonyl (C=O) groups excluding carboxylic acids is 1. The van der Waals surface area contributed by atoms with Gasteiger partial charge in [0, 0.05) is 13.1 Å². The van der Waals surface area contributed by atoms with E-state index >= 15 is 0 Å². The second-order valence-corrected chi connectivity index (χ2v) is 3.60. The first kappa shape index (κ1) is 9.71. The molecular weight excluding hydrogens is 186 g/mol. The van der Waals surface area contributed by atoms with Crippen LogP contribution in [-0.4, -0.2) is 10.5 Å². The van der Waals surface area contributed by atoms with Crippen molar-refractivity contribution in [1.82, 2.24) is 4.57 Å². The van der Waals surface area contributed by atoms with Crippen LogP contribution >= 0.6 is 0 Å². The van der Waals surface area contributed by atoms with E-state index < -0.39 is 0 Å². The van der Waals surface area contributed by atoms with Crippen molar-refractivity contribution in [3.63, 3.8) is 0 Å². The first-order chi connectivity index (χ1) is 7.20. The molecule has 0 saturated carbocycles. The summed E-state index contributed by atoms with van der Waals surface area (Å²) in [5, 5.41) is 0. The molecule has 1 aromatic heterocycles. The van der Waals surface area contributed by atoms with Gasteiger partial charge in [-0.15, -0.1) is 0 Å². The van der Waals surface area contributed by atoms with Crippen LogP contribution in [0.5, 0.6) is 0 Å². The number of benzene rings is 1. The zero-order valence-electron chi connectivity index (χ0n) is 8.90. The minimum atomic E-state index is 0.0435. The molecule has 0 N–H and O–H groups in total. The van der Waals surface area contributed by atoms with E-state index in [0.717, 1.165) is 16.8 Å². The Kier molecular flexibility index (Phi) is 2.42. The molecule has 1 aromatic carbocycles. The number of rotatable bonds is 1. The Hall–Kier alpha value is -1.83. The van der Waals surface area contributed by atoms with Crippen molar-refractivity contribution in [2.24, 2.45) is 0 Å². The maximum absolute atomic E-state index is 11.4. The Morgan fingerprint density at radius 3 is 2.40 bits per heavy atom. The average Bonchev–Trinajstić information content (AvgIpc) is 2.61. The summed E-state index contributed by atoms with van der Waals surface area (Å²) in [5.74, 6) is 0.0435. The van der Waals surface area contributed by atoms with Gasteiger partial charge in [0.1, 0.15) is 0 Å². The molecule has 15 heavy (non-hydrogen) atoms. The van der Waals surface area contributed by atoms with Gasteiger partial charge < -0.3 is 0 Å². The van der Waals surface area contributed by atoms with Crippen molar-refractivity contribution in [2.75, 3.05) is 0 Å². The normalized spacial score (nSPS) is 10.3. The zero-order valence-corrected chi connectivity index (χ0v) is 8.90. The average molecular weight is 199 g/mol. The molecule has 0 atom stereocenters. The van der Waals surface area contributed by atoms with Crippen LogP contribution in [0.15, 0.2) is 42.6 Å². The molecule has 2 nitrogen and oxygen atoms in total. The van der Waals surface area contributed by atoms with Crippen LogP contribution in [0.2, 0.25) is 0 Å². The van der Waals surface area contributed by atoms with Gasteiger partial charge in [-0.05, 0) is 24.1 Å². The third kappa shape index (κ3) is 1.71. The lowest BCUT2D eigenvalue weighted by atomic mass is 10.1. The van der Waals surface area contributed by atoms with Crippen LogP contribution in [0, 0.1) is 6.92 Å². The smallest absolute Gasteiger partial charge is 0.227 e. The van der Waals surface area contributed by atoms with Crippen molar-refractivity contribution in [3.05, 3.63) is 48.2 Å². The maximum atomic E-state index is 11.4. The van der Waals surface area contributed by atoms with Crippen LogP contribution in [0.4, 0.5) is 0 Å². The van der Waals surface area contributed by atoms with Crippen LogP contribution in [-0.2, 0) is 0 Å². The molecule has 0 amide bonds. The minimum Gasteiger partial charge on any atom is -0.287 e. The molecule has 2 heteroatoms. The summed E-state index contributed by atoms with van der Waals surface area (Å²) in [6, 6.07) is 11.9. The van der Waals surface area contributed by atoms with Gasteiger partial charge in [0.25, 0.3) is 0 Å². The van der Waals surface area contributed by atoms with E-state index in [4.69, 9.17) is 0 Å². The molecule has 0 aliphatic carbocycles. The van der Waals surface area contributed by atoms with Crippen LogP contribution in [0.25, 0.3) is 11.3 Å². The van der Waals surface area contributed by atoms with Crippen molar-refractivity contribution in [2.45, 2.75) is 13.8 Å². The van der Waals surface area contributed by atoms with Gasteiger partial charge >= 0.3 is 0 Å². The maximum Gasteiger partial charge on any atom is 0.227 e. The molecule has 0 bridgehead atoms. The summed E-state index contributed by atoms with van der Waals surface area (Å²) in [6.07, 6.45) is 1.82. The highest BCUT2D eigenvalue weighted by Gasteiger charge is 2.10. The molecule has 0 fully saturated rings. The highest BCUT2D eigenvalue weighted by molar-refractivity contribution is 5.83. The first-order valence-corrected chi connectivity index (χ1v) is 4.94. The molecule has 2 rings (SSSR count). The summed E-state index contributed by atoms with van der Waals surface area (Å²) in [5.41, 5.74) is 3.19. The van der Waals surface area contributed by atoms with E-state index in [-0.39, 0.29) is 5.91 Å². The summed E-state index contributed by atoms with van der Waals surface area (Å²) in [7, 11) is 0. The second-order valence-electron chi connectivity index (χ2n) is 3.60. The standard InChI is InChI=1S/C13H13NO/c1-10-8-9-14(11(2)15)13(10)12-6-4-3-5-7-12/h3-9H,1-2H3. The number of carbonyl (C=O) groups is 1. The Bertz CT molecular complexity index is 482. The summed E-state index contributed by atoms with van der Waals surface area (Å²) in [6.45, 7) is 3.59. The van der Waals surface area contributed by atoms with Crippen molar-refractivity contribution in [1.29, 1.82) is 0 Å². The molecule has 0 radical (unpaired) electrons. The van der Waals surface area contributed by atoms with E-state index in [9.17, 15) is 4.79 Å². The predicted octanol–water partition coefficient (Wildman–Crippen LogP) is 3.12. The first-order valence-electron chi connectivity index (χ1n) is 4.94. The highest BCUT2D eigenvalue weighted by atomic mass is 16.1. The van der Waals surface area contributed by atoms with Crippen LogP contribution < -0.4 is 0 Å². The molecule has 2 aromatic rings. The molecule has 1 heterocycles. The van der Waals surface area contributed by atoms with Crippen LogP contribution in [0.3, 0.4) is 0 Å². The zero-order chi connectivity index (χ0) is 10.8. The van der Waals surface area contributed by atoms with Crippen LogP contribution in [0.1, 0.15) is 17.3 Å². The summed E-state index contributed by atoms with van der Waals surface area (Å²) < 4.78 is 1.69. The van der Waals surface area contributed by atoms with Gasteiger partial charge in [0.2, 0.25) is 5.91 Å². The summed E-state index contributed by atoms with van der Waals surface area (Å²) >= 11 is 0. The fraction of sp³-hybridized carbons (Fsp3) is 0.154. The van der Waals surface area contributed by atoms with E-state index in [1.54, 1.807) is 11.5 Å². The molecule has 0 spiro atoms. The third-order valence-corrected chi connectivity index (χ3v) is 2.47. The Morgan fingerprint density at radius 1 is 1.13 bits per heavy atom. The summed E-state index contributed by atoms with van der Waals surface area (Å²) in [4.78, 5) is 11.4. The number of aryl methyl sites for hydroxylation is 1. The SMILES string of the molecule is CC(=O)n1ccc(C)c1-c1ccccc1. The van der Waals surface area contributed by atoms with E-state index in [1.807, 2.05) is 49.5 Å². The lowest BCUT2D eigenvalue weighted by Crippen LogP contribution is -2.05. The highest BCUT2D eigenvalue weighted by Crippen LogP contribution is 2.23. The molecule has 76 valence electrons. The molecule has 0 saturated heterocycles. The molecule has 0 aliphatic heterocycles.